The number of sulfonamides is 1. The Balaban J connectivity index is 1.89. The van der Waals surface area contributed by atoms with E-state index in [2.05, 4.69) is 27.9 Å². The van der Waals surface area contributed by atoms with Gasteiger partial charge in [0.15, 0.2) is 0 Å². The maximum absolute atomic E-state index is 13.6. The molecule has 0 radical (unpaired) electrons. The summed E-state index contributed by atoms with van der Waals surface area (Å²) in [4.78, 5) is 28.2. The Morgan fingerprint density at radius 2 is 1.72 bits per heavy atom. The van der Waals surface area contributed by atoms with Crippen LogP contribution in [0.3, 0.4) is 0 Å². The zero-order valence-electron chi connectivity index (χ0n) is 20.2. The van der Waals surface area contributed by atoms with E-state index in [1.54, 1.807) is 49.4 Å². The molecule has 1 fully saturated rings. The molecule has 2 amide bonds. The van der Waals surface area contributed by atoms with E-state index in [0.717, 1.165) is 46.2 Å². The first-order valence-corrected chi connectivity index (χ1v) is 15.4. The van der Waals surface area contributed by atoms with Gasteiger partial charge in [-0.05, 0) is 84.3 Å². The molecule has 0 saturated heterocycles. The molecule has 2 aromatic carbocycles. The predicted octanol–water partition coefficient (Wildman–Crippen LogP) is 5.23. The van der Waals surface area contributed by atoms with Crippen LogP contribution >= 0.6 is 45.8 Å². The van der Waals surface area contributed by atoms with E-state index < -0.39 is 28.5 Å². The highest BCUT2D eigenvalue weighted by molar-refractivity contribution is 14.1. The maximum Gasteiger partial charge on any atom is 0.244 e. The van der Waals surface area contributed by atoms with Crippen molar-refractivity contribution < 1.29 is 18.0 Å². The second kappa shape index (κ2) is 12.8. The lowest BCUT2D eigenvalue weighted by atomic mass is 9.95. The van der Waals surface area contributed by atoms with E-state index >= 15 is 0 Å². The summed E-state index contributed by atoms with van der Waals surface area (Å²) < 4.78 is 27.2. The first kappa shape index (κ1) is 29.0. The molecule has 1 saturated carbocycles. The van der Waals surface area contributed by atoms with Gasteiger partial charge in [0.05, 0.1) is 11.9 Å². The lowest BCUT2D eigenvalue weighted by molar-refractivity contribution is -0.139. The Kier molecular flexibility index (Phi) is 10.3. The van der Waals surface area contributed by atoms with Gasteiger partial charge in [0, 0.05) is 26.2 Å². The monoisotopic (exact) mass is 665 g/mol. The Morgan fingerprint density at radius 3 is 2.31 bits per heavy atom. The van der Waals surface area contributed by atoms with E-state index in [1.807, 2.05) is 0 Å². The fourth-order valence-corrected chi connectivity index (χ4v) is 5.88. The molecule has 0 aliphatic heterocycles. The SMILES string of the molecule is C[C@H](C(=O)NC1CCCCC1)N(Cc1ccc(Cl)cc1Cl)C(=O)CN(c1ccc(I)cc1)S(C)(=O)=O. The summed E-state index contributed by atoms with van der Waals surface area (Å²) in [6.45, 7) is 1.22. The van der Waals surface area contributed by atoms with Crippen LogP contribution in [0.1, 0.15) is 44.6 Å². The highest BCUT2D eigenvalue weighted by Crippen LogP contribution is 2.25. The Morgan fingerprint density at radius 1 is 1.08 bits per heavy atom. The molecule has 0 aromatic heterocycles. The first-order chi connectivity index (χ1) is 17.0. The Hall–Kier alpha value is -1.56. The van der Waals surface area contributed by atoms with Gasteiger partial charge < -0.3 is 10.2 Å². The van der Waals surface area contributed by atoms with Crippen LogP contribution < -0.4 is 9.62 Å². The van der Waals surface area contributed by atoms with Crippen molar-refractivity contribution in [2.24, 2.45) is 0 Å². The zero-order chi connectivity index (χ0) is 26.5. The van der Waals surface area contributed by atoms with Gasteiger partial charge in [0.1, 0.15) is 12.6 Å². The van der Waals surface area contributed by atoms with Gasteiger partial charge in [-0.1, -0.05) is 48.5 Å². The van der Waals surface area contributed by atoms with Gasteiger partial charge >= 0.3 is 0 Å². The molecule has 1 aliphatic carbocycles. The Labute approximate surface area is 236 Å². The lowest BCUT2D eigenvalue weighted by Crippen LogP contribution is -2.53. The van der Waals surface area contributed by atoms with Crippen LogP contribution in [0.25, 0.3) is 0 Å². The standard InChI is InChI=1S/C25H30Cl2IN3O4S/c1-17(25(33)29-21-6-4-3-5-7-21)30(15-18-8-9-19(26)14-23(18)27)24(32)16-31(36(2,34)35)22-12-10-20(28)11-13-22/h8-14,17,21H,3-7,15-16H2,1-2H3,(H,29,33)/t17-/m1/s1. The zero-order valence-corrected chi connectivity index (χ0v) is 24.7. The van der Waals surface area contributed by atoms with Crippen molar-refractivity contribution in [3.05, 3.63) is 61.6 Å². The summed E-state index contributed by atoms with van der Waals surface area (Å²) >= 11 is 14.5. The number of hydrogen-bond donors (Lipinski definition) is 1. The van der Waals surface area contributed by atoms with Crippen LogP contribution in [0.4, 0.5) is 5.69 Å². The van der Waals surface area contributed by atoms with Crippen molar-refractivity contribution in [2.45, 2.75) is 57.7 Å². The molecule has 0 spiro atoms. The minimum atomic E-state index is -3.78. The number of nitrogens with one attached hydrogen (secondary N) is 1. The second-order valence-electron chi connectivity index (χ2n) is 9.02. The molecule has 11 heteroatoms. The molecule has 0 heterocycles. The van der Waals surface area contributed by atoms with Gasteiger partial charge in [-0.25, -0.2) is 8.42 Å². The number of carbonyl (C=O) groups is 2. The van der Waals surface area contributed by atoms with E-state index in [0.29, 0.717) is 21.3 Å². The van der Waals surface area contributed by atoms with Crippen LogP contribution in [-0.4, -0.2) is 50.0 Å². The summed E-state index contributed by atoms with van der Waals surface area (Å²) in [6, 6.07) is 11.0. The normalized spacial score (nSPS) is 15.2. The van der Waals surface area contributed by atoms with Crippen molar-refractivity contribution in [3.63, 3.8) is 0 Å². The average Bonchev–Trinajstić information content (AvgIpc) is 2.82. The van der Waals surface area contributed by atoms with Crippen molar-refractivity contribution in [1.82, 2.24) is 10.2 Å². The number of halogens is 3. The van der Waals surface area contributed by atoms with Crippen LogP contribution in [0.15, 0.2) is 42.5 Å². The van der Waals surface area contributed by atoms with Gasteiger partial charge in [0.2, 0.25) is 21.8 Å². The summed E-state index contributed by atoms with van der Waals surface area (Å²) in [5.41, 5.74) is 0.974. The molecule has 0 bridgehead atoms. The van der Waals surface area contributed by atoms with E-state index in [9.17, 15) is 18.0 Å². The van der Waals surface area contributed by atoms with Crippen LogP contribution in [0.2, 0.25) is 10.0 Å². The topological polar surface area (TPSA) is 86.8 Å². The summed E-state index contributed by atoms with van der Waals surface area (Å²) in [7, 11) is -3.78. The van der Waals surface area contributed by atoms with E-state index in [1.165, 1.54) is 4.90 Å². The number of benzene rings is 2. The molecule has 0 unspecified atom stereocenters. The number of amides is 2. The molecule has 7 nitrogen and oxygen atoms in total. The van der Waals surface area contributed by atoms with Crippen LogP contribution in [-0.2, 0) is 26.2 Å². The Bertz CT molecular complexity index is 1190. The third-order valence-corrected chi connectivity index (χ3v) is 8.72. The van der Waals surface area contributed by atoms with Crippen molar-refractivity contribution in [2.75, 3.05) is 17.1 Å². The molecular formula is C25H30Cl2IN3O4S. The number of rotatable bonds is 9. The second-order valence-corrected chi connectivity index (χ2v) is 13.0. The fourth-order valence-electron chi connectivity index (χ4n) is 4.21. The number of anilines is 1. The van der Waals surface area contributed by atoms with Crippen LogP contribution in [0, 0.1) is 3.57 Å². The summed E-state index contributed by atoms with van der Waals surface area (Å²) in [5, 5.41) is 3.88. The number of nitrogens with zero attached hydrogens (tertiary/aromatic N) is 2. The third-order valence-electron chi connectivity index (χ3n) is 6.27. The molecule has 1 atom stereocenters. The highest BCUT2D eigenvalue weighted by Gasteiger charge is 2.31. The lowest BCUT2D eigenvalue weighted by Gasteiger charge is -2.33. The van der Waals surface area contributed by atoms with Gasteiger partial charge in [-0.3, -0.25) is 13.9 Å². The molecule has 36 heavy (non-hydrogen) atoms. The fraction of sp³-hybridized carbons (Fsp3) is 0.440. The first-order valence-electron chi connectivity index (χ1n) is 11.7. The predicted molar refractivity (Wildman–Crippen MR) is 153 cm³/mol. The van der Waals surface area contributed by atoms with E-state index in [4.69, 9.17) is 23.2 Å². The molecular weight excluding hydrogens is 636 g/mol. The van der Waals surface area contributed by atoms with Gasteiger partial charge in [0.25, 0.3) is 0 Å². The van der Waals surface area contributed by atoms with Gasteiger partial charge in [-0.2, -0.15) is 0 Å². The smallest absolute Gasteiger partial charge is 0.244 e. The maximum atomic E-state index is 13.6. The molecule has 2 aromatic rings. The third kappa shape index (κ3) is 7.97. The van der Waals surface area contributed by atoms with Gasteiger partial charge in [-0.15, -0.1) is 0 Å². The average molecular weight is 666 g/mol. The largest absolute Gasteiger partial charge is 0.352 e. The van der Waals surface area contributed by atoms with E-state index in [-0.39, 0.29) is 18.5 Å². The quantitative estimate of drug-likeness (QED) is 0.372. The number of carbonyl (C=O) groups excluding carboxylic acids is 2. The molecule has 3 rings (SSSR count). The number of hydrogen-bond acceptors (Lipinski definition) is 4. The molecule has 1 N–H and O–H groups in total. The van der Waals surface area contributed by atoms with Crippen LogP contribution in [0.5, 0.6) is 0 Å². The molecule has 196 valence electrons. The minimum Gasteiger partial charge on any atom is -0.352 e. The summed E-state index contributed by atoms with van der Waals surface area (Å²) in [6.07, 6.45) is 6.14. The van der Waals surface area contributed by atoms with Crippen molar-refractivity contribution >= 4 is 73.3 Å². The highest BCUT2D eigenvalue weighted by atomic mass is 127. The molecule has 1 aliphatic rings. The van der Waals surface area contributed by atoms with Crippen molar-refractivity contribution in [3.8, 4) is 0 Å². The minimum absolute atomic E-state index is 0.0262. The summed E-state index contributed by atoms with van der Waals surface area (Å²) in [5.74, 6) is -0.795. The van der Waals surface area contributed by atoms with Crippen molar-refractivity contribution in [1.29, 1.82) is 0 Å².